The fraction of sp³-hybridized carbons (Fsp3) is 0.176. The van der Waals surface area contributed by atoms with Gasteiger partial charge in [0.15, 0.2) is 17.4 Å². The van der Waals surface area contributed by atoms with E-state index in [1.165, 1.54) is 35.9 Å². The highest BCUT2D eigenvalue weighted by Crippen LogP contribution is 2.32. The van der Waals surface area contributed by atoms with Gasteiger partial charge in [-0.1, -0.05) is 13.0 Å². The van der Waals surface area contributed by atoms with Gasteiger partial charge in [-0.15, -0.1) is 0 Å². The average molecular weight is 347 g/mol. The summed E-state index contributed by atoms with van der Waals surface area (Å²) in [4.78, 5) is 24.3. The number of esters is 1. The van der Waals surface area contributed by atoms with Crippen LogP contribution in [0.3, 0.4) is 0 Å². The molecule has 0 saturated heterocycles. The van der Waals surface area contributed by atoms with E-state index in [9.17, 15) is 18.4 Å². The highest BCUT2D eigenvalue weighted by Gasteiger charge is 2.22. The molecule has 2 N–H and O–H groups in total. The molecule has 130 valence electrons. The highest BCUT2D eigenvalue weighted by molar-refractivity contribution is 5.82. The SMILES string of the molecule is CCC(=O)Oc1c(N)cccc1-n1c(=O)n(C)c2ccc(F)c(F)c21. The molecule has 8 heteroatoms. The maximum Gasteiger partial charge on any atom is 0.333 e. The second-order valence-electron chi connectivity index (χ2n) is 5.43. The van der Waals surface area contributed by atoms with E-state index in [2.05, 4.69) is 0 Å². The number of rotatable bonds is 3. The lowest BCUT2D eigenvalue weighted by Gasteiger charge is -2.13. The molecular weight excluding hydrogens is 332 g/mol. The molecule has 1 aromatic heterocycles. The van der Waals surface area contributed by atoms with E-state index in [0.717, 1.165) is 10.6 Å². The van der Waals surface area contributed by atoms with Crippen molar-refractivity contribution < 1.29 is 18.3 Å². The first-order valence-electron chi connectivity index (χ1n) is 7.51. The van der Waals surface area contributed by atoms with Crippen molar-refractivity contribution in [1.82, 2.24) is 9.13 Å². The zero-order valence-corrected chi connectivity index (χ0v) is 13.5. The van der Waals surface area contributed by atoms with Crippen LogP contribution in [0.15, 0.2) is 35.1 Å². The minimum absolute atomic E-state index is 0.0573. The van der Waals surface area contributed by atoms with Gasteiger partial charge in [0.2, 0.25) is 0 Å². The van der Waals surface area contributed by atoms with Crippen molar-refractivity contribution in [3.63, 3.8) is 0 Å². The molecule has 3 aromatic rings. The number of hydrogen-bond donors (Lipinski definition) is 1. The molecule has 25 heavy (non-hydrogen) atoms. The molecule has 0 spiro atoms. The van der Waals surface area contributed by atoms with Gasteiger partial charge < -0.3 is 10.5 Å². The van der Waals surface area contributed by atoms with E-state index in [0.29, 0.717) is 0 Å². The normalized spacial score (nSPS) is 11.0. The summed E-state index contributed by atoms with van der Waals surface area (Å²) >= 11 is 0. The quantitative estimate of drug-likeness (QED) is 0.448. The molecular formula is C17H15F2N3O3. The number of para-hydroxylation sites is 1. The van der Waals surface area contributed by atoms with Gasteiger partial charge >= 0.3 is 11.7 Å². The number of nitrogen functional groups attached to an aromatic ring is 1. The number of hydrogen-bond acceptors (Lipinski definition) is 4. The zero-order chi connectivity index (χ0) is 18.3. The Kier molecular flexibility index (Phi) is 4.03. The van der Waals surface area contributed by atoms with Crippen LogP contribution < -0.4 is 16.2 Å². The first-order chi connectivity index (χ1) is 11.9. The third-order valence-electron chi connectivity index (χ3n) is 3.88. The number of halogens is 2. The van der Waals surface area contributed by atoms with E-state index in [4.69, 9.17) is 10.5 Å². The largest absolute Gasteiger partial charge is 0.422 e. The van der Waals surface area contributed by atoms with Crippen LogP contribution in [-0.2, 0) is 11.8 Å². The Labute approximate surface area is 141 Å². The van der Waals surface area contributed by atoms with E-state index < -0.39 is 23.3 Å². The topological polar surface area (TPSA) is 79.2 Å². The van der Waals surface area contributed by atoms with E-state index >= 15 is 0 Å². The van der Waals surface area contributed by atoms with Crippen molar-refractivity contribution in [2.24, 2.45) is 7.05 Å². The van der Waals surface area contributed by atoms with E-state index in [-0.39, 0.29) is 34.6 Å². The minimum Gasteiger partial charge on any atom is -0.422 e. The van der Waals surface area contributed by atoms with Crippen LogP contribution in [0.5, 0.6) is 5.75 Å². The Hall–Kier alpha value is -3.16. The number of carbonyl (C=O) groups is 1. The molecule has 0 fully saturated rings. The minimum atomic E-state index is -1.18. The Morgan fingerprint density at radius 3 is 2.64 bits per heavy atom. The Balaban J connectivity index is 2.41. The Bertz CT molecular complexity index is 1050. The number of fused-ring (bicyclic) bond motifs is 1. The standard InChI is InChI=1S/C17H15F2N3O3/c1-3-13(23)25-16-10(20)5-4-6-12(16)22-15-11(21(2)17(22)24)8-7-9(18)14(15)19/h4-8H,3,20H2,1-2H3. The number of nitrogens with zero attached hydrogens (tertiary/aromatic N) is 2. The molecule has 3 rings (SSSR count). The van der Waals surface area contributed by atoms with Gasteiger partial charge in [0.1, 0.15) is 5.52 Å². The molecule has 6 nitrogen and oxygen atoms in total. The summed E-state index contributed by atoms with van der Waals surface area (Å²) in [5.74, 6) is -2.92. The number of anilines is 1. The second-order valence-corrected chi connectivity index (χ2v) is 5.43. The van der Waals surface area contributed by atoms with Crippen LogP contribution in [-0.4, -0.2) is 15.1 Å². The van der Waals surface area contributed by atoms with Gasteiger partial charge in [-0.05, 0) is 24.3 Å². The lowest BCUT2D eigenvalue weighted by molar-refractivity contribution is -0.133. The summed E-state index contributed by atoms with van der Waals surface area (Å²) in [6.45, 7) is 1.60. The summed E-state index contributed by atoms with van der Waals surface area (Å²) in [5, 5.41) is 0. The summed E-state index contributed by atoms with van der Waals surface area (Å²) < 4.78 is 35.5. The summed E-state index contributed by atoms with van der Waals surface area (Å²) in [5.41, 5.74) is 5.33. The van der Waals surface area contributed by atoms with Crippen molar-refractivity contribution >= 4 is 22.7 Å². The molecule has 0 unspecified atom stereocenters. The maximum atomic E-state index is 14.4. The monoisotopic (exact) mass is 347 g/mol. The predicted molar refractivity (Wildman–Crippen MR) is 88.8 cm³/mol. The van der Waals surface area contributed by atoms with Crippen molar-refractivity contribution in [2.75, 3.05) is 5.73 Å². The average Bonchev–Trinajstić information content (AvgIpc) is 2.85. The number of aromatic nitrogens is 2. The molecule has 0 aliphatic heterocycles. The van der Waals surface area contributed by atoms with Gasteiger partial charge in [0.25, 0.3) is 0 Å². The van der Waals surface area contributed by atoms with Crippen LogP contribution in [0.4, 0.5) is 14.5 Å². The summed E-state index contributed by atoms with van der Waals surface area (Å²) in [7, 11) is 1.43. The molecule has 0 aliphatic carbocycles. The fourth-order valence-electron chi connectivity index (χ4n) is 2.60. The smallest absolute Gasteiger partial charge is 0.333 e. The first-order valence-corrected chi connectivity index (χ1v) is 7.51. The van der Waals surface area contributed by atoms with Crippen molar-refractivity contribution in [3.8, 4) is 11.4 Å². The molecule has 0 amide bonds. The number of nitrogens with two attached hydrogens (primary N) is 1. The van der Waals surface area contributed by atoms with Gasteiger partial charge in [-0.25, -0.2) is 13.6 Å². The van der Waals surface area contributed by atoms with Crippen molar-refractivity contribution in [3.05, 3.63) is 52.5 Å². The van der Waals surface area contributed by atoms with Gasteiger partial charge in [-0.3, -0.25) is 13.9 Å². The van der Waals surface area contributed by atoms with Gasteiger partial charge in [0.05, 0.1) is 16.9 Å². The van der Waals surface area contributed by atoms with Gasteiger partial charge in [-0.2, -0.15) is 0 Å². The lowest BCUT2D eigenvalue weighted by Crippen LogP contribution is -2.22. The molecule has 1 heterocycles. The number of benzene rings is 2. The molecule has 0 atom stereocenters. The van der Waals surface area contributed by atoms with Crippen LogP contribution in [0.2, 0.25) is 0 Å². The van der Waals surface area contributed by atoms with Gasteiger partial charge in [0, 0.05) is 13.5 Å². The number of imidazole rings is 1. The van der Waals surface area contributed by atoms with Crippen molar-refractivity contribution in [2.45, 2.75) is 13.3 Å². The zero-order valence-electron chi connectivity index (χ0n) is 13.5. The van der Waals surface area contributed by atoms with E-state index in [1.807, 2.05) is 0 Å². The van der Waals surface area contributed by atoms with E-state index in [1.54, 1.807) is 6.92 Å². The molecule has 0 aliphatic rings. The maximum absolute atomic E-state index is 14.4. The Morgan fingerprint density at radius 1 is 1.24 bits per heavy atom. The first kappa shape index (κ1) is 16.7. The number of aryl methyl sites for hydroxylation is 1. The van der Waals surface area contributed by atoms with Crippen LogP contribution in [0.1, 0.15) is 13.3 Å². The lowest BCUT2D eigenvalue weighted by atomic mass is 10.2. The number of carbonyl (C=O) groups excluding carboxylic acids is 1. The van der Waals surface area contributed by atoms with Crippen LogP contribution in [0.25, 0.3) is 16.7 Å². The second kappa shape index (κ2) is 6.04. The third-order valence-corrected chi connectivity index (χ3v) is 3.88. The fourth-order valence-corrected chi connectivity index (χ4v) is 2.60. The molecule has 2 aromatic carbocycles. The van der Waals surface area contributed by atoms with Crippen molar-refractivity contribution in [1.29, 1.82) is 0 Å². The predicted octanol–water partition coefficient (Wildman–Crippen LogP) is 2.51. The van der Waals surface area contributed by atoms with Crippen LogP contribution >= 0.6 is 0 Å². The summed E-state index contributed by atoms with van der Waals surface area (Å²) in [6.07, 6.45) is 0.0845. The third kappa shape index (κ3) is 2.55. The number of ether oxygens (including phenoxy) is 1. The van der Waals surface area contributed by atoms with Crippen LogP contribution in [0, 0.1) is 11.6 Å². The highest BCUT2D eigenvalue weighted by atomic mass is 19.2. The molecule has 0 saturated carbocycles. The summed E-state index contributed by atoms with van der Waals surface area (Å²) in [6, 6.07) is 6.69. The molecule has 0 radical (unpaired) electrons. The Morgan fingerprint density at radius 2 is 1.96 bits per heavy atom. The molecule has 0 bridgehead atoms.